The van der Waals surface area contributed by atoms with Crippen LogP contribution in [0.15, 0.2) is 0 Å². The van der Waals surface area contributed by atoms with E-state index in [4.69, 9.17) is 5.11 Å². The molecule has 2 amide bonds. The first-order chi connectivity index (χ1) is 8.56. The first-order valence-electron chi connectivity index (χ1n) is 6.36. The molecule has 2 aliphatic heterocycles. The molecule has 6 heteroatoms. The zero-order chi connectivity index (χ0) is 13.1. The first kappa shape index (κ1) is 12.9. The van der Waals surface area contributed by atoms with Crippen molar-refractivity contribution < 1.29 is 19.5 Å². The van der Waals surface area contributed by atoms with Crippen molar-refractivity contribution in [2.45, 2.75) is 38.1 Å². The molecule has 0 saturated carbocycles. The molecule has 1 atom stereocenters. The van der Waals surface area contributed by atoms with Gasteiger partial charge in [-0.15, -0.1) is 0 Å². The average Bonchev–Trinajstić information content (AvgIpc) is 2.75. The smallest absolute Gasteiger partial charge is 0.303 e. The summed E-state index contributed by atoms with van der Waals surface area (Å²) in [4.78, 5) is 35.5. The lowest BCUT2D eigenvalue weighted by Gasteiger charge is -2.32. The van der Waals surface area contributed by atoms with Crippen LogP contribution < -0.4 is 5.32 Å². The van der Waals surface area contributed by atoms with Crippen molar-refractivity contribution in [2.75, 3.05) is 13.1 Å². The Morgan fingerprint density at radius 3 is 2.44 bits per heavy atom. The number of likely N-dealkylation sites (tertiary alicyclic amines) is 1. The quantitative estimate of drug-likeness (QED) is 0.741. The van der Waals surface area contributed by atoms with Crippen LogP contribution in [0.2, 0.25) is 0 Å². The van der Waals surface area contributed by atoms with Crippen molar-refractivity contribution >= 4 is 17.8 Å². The van der Waals surface area contributed by atoms with E-state index in [0.717, 1.165) is 12.8 Å². The second kappa shape index (κ2) is 5.37. The van der Waals surface area contributed by atoms with Gasteiger partial charge in [-0.05, 0) is 25.2 Å². The van der Waals surface area contributed by atoms with E-state index >= 15 is 0 Å². The number of carbonyl (C=O) groups is 3. The highest BCUT2D eigenvalue weighted by Gasteiger charge is 2.32. The minimum atomic E-state index is -0.775. The van der Waals surface area contributed by atoms with Gasteiger partial charge in [0.2, 0.25) is 11.8 Å². The molecule has 2 saturated heterocycles. The van der Waals surface area contributed by atoms with Crippen molar-refractivity contribution in [2.24, 2.45) is 5.92 Å². The molecule has 0 aromatic heterocycles. The number of carboxylic acids is 1. The molecule has 18 heavy (non-hydrogen) atoms. The van der Waals surface area contributed by atoms with Crippen LogP contribution in [0.1, 0.15) is 32.1 Å². The van der Waals surface area contributed by atoms with E-state index in [-0.39, 0.29) is 30.2 Å². The second-order valence-corrected chi connectivity index (χ2v) is 5.03. The zero-order valence-electron chi connectivity index (χ0n) is 10.2. The second-order valence-electron chi connectivity index (χ2n) is 5.03. The molecule has 0 bridgehead atoms. The van der Waals surface area contributed by atoms with Crippen LogP contribution in [0.5, 0.6) is 0 Å². The number of hydrogen-bond acceptors (Lipinski definition) is 3. The van der Waals surface area contributed by atoms with Crippen LogP contribution in [-0.2, 0) is 14.4 Å². The standard InChI is InChI=1S/C12H18N2O4/c15-10-2-1-9(13-10)12(18)14-5-3-8(4-6-14)7-11(16)17/h8-9H,1-7H2,(H,13,15)(H,16,17)/t9-/m1/s1. The molecule has 0 radical (unpaired) electrons. The van der Waals surface area contributed by atoms with E-state index in [1.807, 2.05) is 0 Å². The van der Waals surface area contributed by atoms with E-state index in [0.29, 0.717) is 25.9 Å². The lowest BCUT2D eigenvalue weighted by Crippen LogP contribution is -2.47. The Kier molecular flexibility index (Phi) is 3.84. The number of hydrogen-bond donors (Lipinski definition) is 2. The minimum Gasteiger partial charge on any atom is -0.481 e. The Balaban J connectivity index is 1.80. The van der Waals surface area contributed by atoms with Gasteiger partial charge in [-0.1, -0.05) is 0 Å². The van der Waals surface area contributed by atoms with Crippen LogP contribution in [-0.4, -0.2) is 46.9 Å². The van der Waals surface area contributed by atoms with Gasteiger partial charge in [0.05, 0.1) is 0 Å². The van der Waals surface area contributed by atoms with Crippen LogP contribution in [0.3, 0.4) is 0 Å². The van der Waals surface area contributed by atoms with Crippen molar-refractivity contribution in [1.82, 2.24) is 10.2 Å². The van der Waals surface area contributed by atoms with Gasteiger partial charge in [-0.2, -0.15) is 0 Å². The summed E-state index contributed by atoms with van der Waals surface area (Å²) >= 11 is 0. The van der Waals surface area contributed by atoms with Crippen LogP contribution >= 0.6 is 0 Å². The summed E-state index contributed by atoms with van der Waals surface area (Å²) in [5.41, 5.74) is 0. The summed E-state index contributed by atoms with van der Waals surface area (Å²) in [5, 5.41) is 11.4. The van der Waals surface area contributed by atoms with E-state index in [2.05, 4.69) is 5.32 Å². The molecule has 0 spiro atoms. The average molecular weight is 254 g/mol. The predicted octanol–water partition coefficient (Wildman–Crippen LogP) is -0.0217. The van der Waals surface area contributed by atoms with Gasteiger partial charge in [0.15, 0.2) is 0 Å². The fraction of sp³-hybridized carbons (Fsp3) is 0.750. The lowest BCUT2D eigenvalue weighted by molar-refractivity contribution is -0.139. The van der Waals surface area contributed by atoms with E-state index < -0.39 is 5.97 Å². The van der Waals surface area contributed by atoms with Crippen molar-refractivity contribution in [3.05, 3.63) is 0 Å². The number of nitrogens with one attached hydrogen (secondary N) is 1. The highest BCUT2D eigenvalue weighted by Crippen LogP contribution is 2.22. The molecule has 2 rings (SSSR count). The Morgan fingerprint density at radius 2 is 1.94 bits per heavy atom. The zero-order valence-corrected chi connectivity index (χ0v) is 10.2. The molecule has 2 N–H and O–H groups in total. The summed E-state index contributed by atoms with van der Waals surface area (Å²) in [7, 11) is 0. The predicted molar refractivity (Wildman–Crippen MR) is 62.7 cm³/mol. The molecule has 2 aliphatic rings. The van der Waals surface area contributed by atoms with Crippen molar-refractivity contribution in [3.8, 4) is 0 Å². The maximum Gasteiger partial charge on any atom is 0.303 e. The van der Waals surface area contributed by atoms with Gasteiger partial charge in [-0.25, -0.2) is 0 Å². The molecule has 100 valence electrons. The monoisotopic (exact) mass is 254 g/mol. The van der Waals surface area contributed by atoms with Crippen LogP contribution in [0.25, 0.3) is 0 Å². The van der Waals surface area contributed by atoms with E-state index in [9.17, 15) is 14.4 Å². The lowest BCUT2D eigenvalue weighted by atomic mass is 9.93. The van der Waals surface area contributed by atoms with Gasteiger partial charge in [0.1, 0.15) is 6.04 Å². The van der Waals surface area contributed by atoms with Gasteiger partial charge >= 0.3 is 5.97 Å². The fourth-order valence-electron chi connectivity index (χ4n) is 2.62. The highest BCUT2D eigenvalue weighted by atomic mass is 16.4. The minimum absolute atomic E-state index is 0.0189. The Hall–Kier alpha value is -1.59. The maximum atomic E-state index is 12.1. The fourth-order valence-corrected chi connectivity index (χ4v) is 2.62. The number of carbonyl (C=O) groups excluding carboxylic acids is 2. The first-order valence-corrected chi connectivity index (χ1v) is 6.36. The molecule has 6 nitrogen and oxygen atoms in total. The molecule has 0 aromatic rings. The van der Waals surface area contributed by atoms with Crippen molar-refractivity contribution in [3.63, 3.8) is 0 Å². The molecule has 0 aromatic carbocycles. The molecule has 0 aliphatic carbocycles. The summed E-state index contributed by atoms with van der Waals surface area (Å²) in [6, 6.07) is -0.367. The number of carboxylic acid groups (broad SMARTS) is 1. The number of aliphatic carboxylic acids is 1. The Morgan fingerprint density at radius 1 is 1.28 bits per heavy atom. The molecular formula is C12H18N2O4. The SMILES string of the molecule is O=C(O)CC1CCN(C(=O)[C@H]2CCC(=O)N2)CC1. The molecule has 2 fully saturated rings. The van der Waals surface area contributed by atoms with Gasteiger partial charge < -0.3 is 15.3 Å². The third kappa shape index (κ3) is 3.00. The van der Waals surface area contributed by atoms with E-state index in [1.165, 1.54) is 0 Å². The van der Waals surface area contributed by atoms with Gasteiger partial charge in [0.25, 0.3) is 0 Å². The maximum absolute atomic E-state index is 12.1. The summed E-state index contributed by atoms with van der Waals surface area (Å²) in [5.74, 6) is -0.684. The number of piperidine rings is 1. The van der Waals surface area contributed by atoms with Crippen LogP contribution in [0.4, 0.5) is 0 Å². The third-order valence-electron chi connectivity index (χ3n) is 3.68. The van der Waals surface area contributed by atoms with Crippen LogP contribution in [0, 0.1) is 5.92 Å². The number of nitrogens with zero attached hydrogens (tertiary/aromatic N) is 1. The van der Waals surface area contributed by atoms with Crippen molar-refractivity contribution in [1.29, 1.82) is 0 Å². The highest BCUT2D eigenvalue weighted by molar-refractivity contribution is 5.90. The summed E-state index contributed by atoms with van der Waals surface area (Å²) in [6.45, 7) is 1.20. The number of rotatable bonds is 3. The largest absolute Gasteiger partial charge is 0.481 e. The Labute approximate surface area is 105 Å². The summed E-state index contributed by atoms with van der Waals surface area (Å²) < 4.78 is 0. The molecule has 2 heterocycles. The third-order valence-corrected chi connectivity index (χ3v) is 3.68. The number of amides is 2. The summed E-state index contributed by atoms with van der Waals surface area (Å²) in [6.07, 6.45) is 2.65. The normalized spacial score (nSPS) is 25.0. The molecular weight excluding hydrogens is 236 g/mol. The topological polar surface area (TPSA) is 86.7 Å². The molecule has 0 unspecified atom stereocenters. The van der Waals surface area contributed by atoms with Gasteiger partial charge in [-0.3, -0.25) is 14.4 Å². The Bertz CT molecular complexity index is 361. The van der Waals surface area contributed by atoms with Gasteiger partial charge in [0, 0.05) is 25.9 Å². The van der Waals surface area contributed by atoms with E-state index in [1.54, 1.807) is 4.90 Å².